The summed E-state index contributed by atoms with van der Waals surface area (Å²) in [7, 11) is 1.93. The number of likely N-dealkylation sites (tertiary alicyclic amines) is 1. The molecule has 148 valence electrons. The molecule has 0 aliphatic carbocycles. The number of piperidine rings is 1. The fourth-order valence-electron chi connectivity index (χ4n) is 3.42. The number of nitrogens with one attached hydrogen (secondary N) is 1. The van der Waals surface area contributed by atoms with E-state index in [1.54, 1.807) is 29.1 Å². The molecule has 1 amide bonds. The van der Waals surface area contributed by atoms with Crippen LogP contribution < -0.4 is 5.32 Å². The summed E-state index contributed by atoms with van der Waals surface area (Å²) in [5, 5.41) is 8.50. The van der Waals surface area contributed by atoms with Crippen LogP contribution in [0.5, 0.6) is 0 Å². The van der Waals surface area contributed by atoms with Gasteiger partial charge in [0.05, 0.1) is 12.0 Å². The predicted molar refractivity (Wildman–Crippen MR) is 112 cm³/mol. The summed E-state index contributed by atoms with van der Waals surface area (Å²) in [6.45, 7) is 1.44. The molecule has 6 nitrogen and oxygen atoms in total. The fraction of sp³-hybridized carbons (Fsp3) is 0.300. The van der Waals surface area contributed by atoms with E-state index in [0.717, 1.165) is 30.8 Å². The van der Waals surface area contributed by atoms with E-state index in [9.17, 15) is 4.79 Å². The molecule has 8 heteroatoms. The number of likely N-dealkylation sites (N-methyl/N-ethyl adjacent to an activating group) is 1. The second-order valence-electron chi connectivity index (χ2n) is 6.66. The van der Waals surface area contributed by atoms with Gasteiger partial charge in [-0.25, -0.2) is 4.68 Å². The monoisotopic (exact) mass is 420 g/mol. The Balaban J connectivity index is 0.00000225. The molecule has 0 bridgehead atoms. The van der Waals surface area contributed by atoms with E-state index in [1.165, 1.54) is 0 Å². The summed E-state index contributed by atoms with van der Waals surface area (Å²) < 4.78 is 7.28. The van der Waals surface area contributed by atoms with Crippen LogP contribution in [0.15, 0.2) is 53.1 Å². The van der Waals surface area contributed by atoms with Crippen molar-refractivity contribution in [3.8, 4) is 17.1 Å². The summed E-state index contributed by atoms with van der Waals surface area (Å²) in [6, 6.07) is 13.1. The molecule has 1 atom stereocenters. The van der Waals surface area contributed by atoms with Crippen LogP contribution >= 0.6 is 24.0 Å². The van der Waals surface area contributed by atoms with E-state index in [4.69, 9.17) is 16.0 Å². The molecule has 2 aromatic heterocycles. The summed E-state index contributed by atoms with van der Waals surface area (Å²) >= 11 is 6.01. The molecule has 0 radical (unpaired) electrons. The van der Waals surface area contributed by atoms with Crippen LogP contribution in [0.2, 0.25) is 5.02 Å². The number of nitrogens with zero attached hydrogens (tertiary/aromatic N) is 3. The number of amides is 1. The largest absolute Gasteiger partial charge is 0.463 e. The minimum atomic E-state index is -0.0598. The molecular weight excluding hydrogens is 399 g/mol. The minimum absolute atomic E-state index is 0. The van der Waals surface area contributed by atoms with E-state index < -0.39 is 0 Å². The predicted octanol–water partition coefficient (Wildman–Crippen LogP) is 4.03. The average molecular weight is 421 g/mol. The average Bonchev–Trinajstić information content (AvgIpc) is 3.38. The third-order valence-electron chi connectivity index (χ3n) is 4.89. The molecule has 1 unspecified atom stereocenters. The van der Waals surface area contributed by atoms with Crippen LogP contribution in [-0.4, -0.2) is 46.8 Å². The molecule has 1 aliphatic heterocycles. The third kappa shape index (κ3) is 4.09. The van der Waals surface area contributed by atoms with Crippen molar-refractivity contribution in [2.75, 3.05) is 20.1 Å². The van der Waals surface area contributed by atoms with Crippen LogP contribution in [0.4, 0.5) is 0 Å². The van der Waals surface area contributed by atoms with Gasteiger partial charge < -0.3 is 14.6 Å². The number of halogens is 2. The van der Waals surface area contributed by atoms with Crippen molar-refractivity contribution in [2.45, 2.75) is 18.9 Å². The number of furan rings is 1. The Bertz CT molecular complexity index is 922. The van der Waals surface area contributed by atoms with Gasteiger partial charge >= 0.3 is 0 Å². The first-order valence-electron chi connectivity index (χ1n) is 9.02. The Kier molecular flexibility index (Phi) is 6.44. The second-order valence-corrected chi connectivity index (χ2v) is 7.10. The van der Waals surface area contributed by atoms with Crippen molar-refractivity contribution in [1.82, 2.24) is 20.0 Å². The first-order valence-corrected chi connectivity index (χ1v) is 9.40. The number of hydrogen-bond donors (Lipinski definition) is 1. The first-order chi connectivity index (χ1) is 13.2. The van der Waals surface area contributed by atoms with Gasteiger partial charge in [-0.05, 0) is 56.3 Å². The standard InChI is InChI=1S/C20H21ClN4O2.ClH/c1-22-15-4-2-10-24(13-15)20(26)17-12-18(19-5-3-11-27-19)25(23-17)16-8-6-14(21)7-9-16;/h3,5-9,11-12,15,22H,2,4,10,13H2,1H3;1H. The van der Waals surface area contributed by atoms with Crippen molar-refractivity contribution in [1.29, 1.82) is 0 Å². The van der Waals surface area contributed by atoms with E-state index >= 15 is 0 Å². The zero-order valence-corrected chi connectivity index (χ0v) is 17.0. The van der Waals surface area contributed by atoms with Gasteiger partial charge in [0.15, 0.2) is 11.5 Å². The highest BCUT2D eigenvalue weighted by Gasteiger charge is 2.26. The normalized spacial score (nSPS) is 16.6. The number of aromatic nitrogens is 2. The number of benzene rings is 1. The molecule has 1 aromatic carbocycles. The zero-order chi connectivity index (χ0) is 18.8. The minimum Gasteiger partial charge on any atom is -0.463 e. The maximum Gasteiger partial charge on any atom is 0.274 e. The van der Waals surface area contributed by atoms with E-state index in [-0.39, 0.29) is 18.3 Å². The van der Waals surface area contributed by atoms with Crippen molar-refractivity contribution in [2.24, 2.45) is 0 Å². The van der Waals surface area contributed by atoms with Gasteiger partial charge in [-0.3, -0.25) is 4.79 Å². The number of hydrogen-bond acceptors (Lipinski definition) is 4. The summed E-state index contributed by atoms with van der Waals surface area (Å²) in [5.74, 6) is 0.596. The lowest BCUT2D eigenvalue weighted by molar-refractivity contribution is 0.0691. The molecule has 1 fully saturated rings. The molecule has 1 saturated heterocycles. The first kappa shape index (κ1) is 20.5. The van der Waals surface area contributed by atoms with E-state index in [2.05, 4.69) is 10.4 Å². The lowest BCUT2D eigenvalue weighted by atomic mass is 10.1. The van der Waals surface area contributed by atoms with Gasteiger partial charge in [0.1, 0.15) is 5.69 Å². The molecule has 3 aromatic rings. The van der Waals surface area contributed by atoms with Crippen molar-refractivity contribution < 1.29 is 9.21 Å². The Morgan fingerprint density at radius 1 is 1.29 bits per heavy atom. The Hall–Kier alpha value is -2.28. The Labute approximate surface area is 174 Å². The van der Waals surface area contributed by atoms with Crippen molar-refractivity contribution in [3.63, 3.8) is 0 Å². The smallest absolute Gasteiger partial charge is 0.274 e. The third-order valence-corrected chi connectivity index (χ3v) is 5.14. The molecule has 1 N–H and O–H groups in total. The van der Waals surface area contributed by atoms with Crippen LogP contribution in [0, 0.1) is 0 Å². The second kappa shape index (κ2) is 8.82. The molecule has 4 rings (SSSR count). The van der Waals surface area contributed by atoms with Crippen LogP contribution in [0.1, 0.15) is 23.3 Å². The zero-order valence-electron chi connectivity index (χ0n) is 15.5. The van der Waals surface area contributed by atoms with Crippen molar-refractivity contribution >= 4 is 29.9 Å². The summed E-state index contributed by atoms with van der Waals surface area (Å²) in [6.07, 6.45) is 3.68. The number of rotatable bonds is 4. The van der Waals surface area contributed by atoms with Crippen LogP contribution in [0.3, 0.4) is 0 Å². The van der Waals surface area contributed by atoms with E-state index in [1.807, 2.05) is 36.2 Å². The lowest BCUT2D eigenvalue weighted by Crippen LogP contribution is -2.47. The number of carbonyl (C=O) groups is 1. The maximum absolute atomic E-state index is 13.1. The highest BCUT2D eigenvalue weighted by molar-refractivity contribution is 6.30. The van der Waals surface area contributed by atoms with Gasteiger partial charge in [-0.2, -0.15) is 5.10 Å². The van der Waals surface area contributed by atoms with Gasteiger partial charge in [-0.15, -0.1) is 12.4 Å². The molecule has 1 aliphatic rings. The van der Waals surface area contributed by atoms with Crippen LogP contribution in [0.25, 0.3) is 17.1 Å². The molecular formula is C20H22Cl2N4O2. The quantitative estimate of drug-likeness (QED) is 0.691. The highest BCUT2D eigenvalue weighted by atomic mass is 35.5. The fourth-order valence-corrected chi connectivity index (χ4v) is 3.55. The number of carbonyl (C=O) groups excluding carboxylic acids is 1. The molecule has 28 heavy (non-hydrogen) atoms. The van der Waals surface area contributed by atoms with Gasteiger partial charge in [0.25, 0.3) is 5.91 Å². The van der Waals surface area contributed by atoms with E-state index in [0.29, 0.717) is 29.1 Å². The topological polar surface area (TPSA) is 63.3 Å². The summed E-state index contributed by atoms with van der Waals surface area (Å²) in [5.41, 5.74) is 1.96. The van der Waals surface area contributed by atoms with Crippen LogP contribution in [-0.2, 0) is 0 Å². The van der Waals surface area contributed by atoms with Gasteiger partial charge in [0, 0.05) is 30.2 Å². The van der Waals surface area contributed by atoms with Gasteiger partial charge in [0.2, 0.25) is 0 Å². The Morgan fingerprint density at radius 2 is 2.07 bits per heavy atom. The van der Waals surface area contributed by atoms with Gasteiger partial charge in [-0.1, -0.05) is 11.6 Å². The highest BCUT2D eigenvalue weighted by Crippen LogP contribution is 2.26. The Morgan fingerprint density at radius 3 is 2.75 bits per heavy atom. The molecule has 0 spiro atoms. The summed E-state index contributed by atoms with van der Waals surface area (Å²) in [4.78, 5) is 14.9. The molecule has 3 heterocycles. The SMILES string of the molecule is CNC1CCCN(C(=O)c2cc(-c3ccco3)n(-c3ccc(Cl)cc3)n2)C1.Cl. The maximum atomic E-state index is 13.1. The molecule has 0 saturated carbocycles. The van der Waals surface area contributed by atoms with Crippen molar-refractivity contribution in [3.05, 3.63) is 59.4 Å². The lowest BCUT2D eigenvalue weighted by Gasteiger charge is -2.32.